The van der Waals surface area contributed by atoms with Crippen LogP contribution in [-0.2, 0) is 7.05 Å². The lowest BCUT2D eigenvalue weighted by Crippen LogP contribution is -2.20. The van der Waals surface area contributed by atoms with Crippen molar-refractivity contribution in [2.24, 2.45) is 7.05 Å². The standard InChI is InChI=1S/C16H16FN5O/c1-22-14(18)13(8-19-22)15-20-16(23-21-15)11-6-10(7-11)9-2-4-12(17)5-3-9/h2-5,8,10-11H,6-7,18H2,1H3. The van der Waals surface area contributed by atoms with Crippen molar-refractivity contribution in [2.75, 3.05) is 5.73 Å². The van der Waals surface area contributed by atoms with Gasteiger partial charge in [-0.25, -0.2) is 4.39 Å². The Bertz CT molecular complexity index is 833. The van der Waals surface area contributed by atoms with Gasteiger partial charge in [0.15, 0.2) is 0 Å². The molecule has 3 aromatic rings. The van der Waals surface area contributed by atoms with E-state index in [1.807, 2.05) is 12.1 Å². The lowest BCUT2D eigenvalue weighted by atomic mass is 9.71. The number of hydrogen-bond donors (Lipinski definition) is 1. The average Bonchev–Trinajstić information content (AvgIpc) is 3.08. The highest BCUT2D eigenvalue weighted by molar-refractivity contribution is 5.67. The predicted octanol–water partition coefficient (Wildman–Crippen LogP) is 2.85. The van der Waals surface area contributed by atoms with Gasteiger partial charge in [0, 0.05) is 13.0 Å². The van der Waals surface area contributed by atoms with Gasteiger partial charge in [-0.1, -0.05) is 17.3 Å². The summed E-state index contributed by atoms with van der Waals surface area (Å²) in [6.07, 6.45) is 3.48. The van der Waals surface area contributed by atoms with E-state index < -0.39 is 0 Å². The molecule has 0 unspecified atom stereocenters. The Kier molecular flexibility index (Phi) is 3.14. The van der Waals surface area contributed by atoms with Gasteiger partial charge in [0.1, 0.15) is 11.6 Å². The first-order valence-electron chi connectivity index (χ1n) is 7.48. The minimum absolute atomic E-state index is 0.208. The molecule has 23 heavy (non-hydrogen) atoms. The van der Waals surface area contributed by atoms with Crippen molar-refractivity contribution in [2.45, 2.75) is 24.7 Å². The summed E-state index contributed by atoms with van der Waals surface area (Å²) in [6, 6.07) is 6.68. The molecule has 0 spiro atoms. The number of nitrogens with two attached hydrogens (primary N) is 1. The zero-order chi connectivity index (χ0) is 16.0. The first kappa shape index (κ1) is 13.9. The molecular formula is C16H16FN5O. The van der Waals surface area contributed by atoms with Gasteiger partial charge in [0.05, 0.1) is 11.8 Å². The van der Waals surface area contributed by atoms with E-state index in [9.17, 15) is 4.39 Å². The summed E-state index contributed by atoms with van der Waals surface area (Å²) >= 11 is 0. The number of halogens is 1. The number of anilines is 1. The first-order chi connectivity index (χ1) is 11.1. The summed E-state index contributed by atoms with van der Waals surface area (Å²) in [5, 5.41) is 8.08. The SMILES string of the molecule is Cn1ncc(-c2noc(C3CC(c4ccc(F)cc4)C3)n2)c1N. The quantitative estimate of drug-likeness (QED) is 0.804. The summed E-state index contributed by atoms with van der Waals surface area (Å²) in [5.74, 6) is 2.05. The highest BCUT2D eigenvalue weighted by Crippen LogP contribution is 2.47. The molecule has 1 aliphatic rings. The zero-order valence-corrected chi connectivity index (χ0v) is 12.6. The van der Waals surface area contributed by atoms with Crippen molar-refractivity contribution in [3.8, 4) is 11.4 Å². The molecule has 1 aliphatic carbocycles. The van der Waals surface area contributed by atoms with Crippen molar-refractivity contribution in [3.05, 3.63) is 47.7 Å². The molecule has 6 nitrogen and oxygen atoms in total. The minimum Gasteiger partial charge on any atom is -0.383 e. The number of aromatic nitrogens is 4. The fraction of sp³-hybridized carbons (Fsp3) is 0.312. The highest BCUT2D eigenvalue weighted by Gasteiger charge is 2.35. The topological polar surface area (TPSA) is 82.8 Å². The molecule has 2 heterocycles. The number of nitrogen functional groups attached to an aromatic ring is 1. The zero-order valence-electron chi connectivity index (χ0n) is 12.6. The Morgan fingerprint density at radius 2 is 1.96 bits per heavy atom. The largest absolute Gasteiger partial charge is 0.383 e. The third-order valence-corrected chi connectivity index (χ3v) is 4.50. The molecule has 0 aliphatic heterocycles. The van der Waals surface area contributed by atoms with Gasteiger partial charge in [-0.3, -0.25) is 4.68 Å². The maximum absolute atomic E-state index is 13.0. The molecule has 0 amide bonds. The Hall–Kier alpha value is -2.70. The Morgan fingerprint density at radius 3 is 2.61 bits per heavy atom. The van der Waals surface area contributed by atoms with Crippen LogP contribution >= 0.6 is 0 Å². The molecule has 2 aromatic heterocycles. The lowest BCUT2D eigenvalue weighted by molar-refractivity contribution is 0.263. The highest BCUT2D eigenvalue weighted by atomic mass is 19.1. The molecule has 4 rings (SSSR count). The Balaban J connectivity index is 1.47. The van der Waals surface area contributed by atoms with E-state index >= 15 is 0 Å². The summed E-state index contributed by atoms with van der Waals surface area (Å²) in [7, 11) is 1.76. The summed E-state index contributed by atoms with van der Waals surface area (Å²) in [5.41, 5.74) is 7.75. The van der Waals surface area contributed by atoms with Gasteiger partial charge in [0.2, 0.25) is 11.7 Å². The molecule has 2 N–H and O–H groups in total. The minimum atomic E-state index is -0.208. The van der Waals surface area contributed by atoms with Crippen molar-refractivity contribution >= 4 is 5.82 Å². The van der Waals surface area contributed by atoms with E-state index in [0.29, 0.717) is 29.0 Å². The van der Waals surface area contributed by atoms with Crippen LogP contribution in [-0.4, -0.2) is 19.9 Å². The number of rotatable bonds is 3. The van der Waals surface area contributed by atoms with Gasteiger partial charge in [0.25, 0.3) is 0 Å². The maximum Gasteiger partial charge on any atom is 0.230 e. The first-order valence-corrected chi connectivity index (χ1v) is 7.48. The second-order valence-electron chi connectivity index (χ2n) is 5.94. The van der Waals surface area contributed by atoms with Gasteiger partial charge in [-0.05, 0) is 36.5 Å². The van der Waals surface area contributed by atoms with Crippen LogP contribution in [0.4, 0.5) is 10.2 Å². The van der Waals surface area contributed by atoms with Crippen LogP contribution in [0.1, 0.15) is 36.1 Å². The maximum atomic E-state index is 13.0. The normalized spacial score (nSPS) is 20.4. The van der Waals surface area contributed by atoms with Crippen LogP contribution in [0.5, 0.6) is 0 Å². The number of aryl methyl sites for hydroxylation is 1. The van der Waals surface area contributed by atoms with E-state index in [0.717, 1.165) is 18.4 Å². The van der Waals surface area contributed by atoms with Crippen LogP contribution < -0.4 is 5.73 Å². The summed E-state index contributed by atoms with van der Waals surface area (Å²) < 4.78 is 19.9. The van der Waals surface area contributed by atoms with Gasteiger partial charge in [-0.2, -0.15) is 10.1 Å². The van der Waals surface area contributed by atoms with Crippen LogP contribution in [0.3, 0.4) is 0 Å². The van der Waals surface area contributed by atoms with E-state index in [2.05, 4.69) is 15.2 Å². The number of benzene rings is 1. The molecule has 0 saturated heterocycles. The molecule has 1 fully saturated rings. The molecule has 1 saturated carbocycles. The number of hydrogen-bond acceptors (Lipinski definition) is 5. The molecule has 118 valence electrons. The van der Waals surface area contributed by atoms with Gasteiger partial charge < -0.3 is 10.3 Å². The van der Waals surface area contributed by atoms with Crippen molar-refractivity contribution in [3.63, 3.8) is 0 Å². The molecule has 0 radical (unpaired) electrons. The molecular weight excluding hydrogens is 297 g/mol. The van der Waals surface area contributed by atoms with E-state index in [1.165, 1.54) is 12.1 Å². The molecule has 1 aromatic carbocycles. The van der Waals surface area contributed by atoms with Gasteiger partial charge in [-0.15, -0.1) is 0 Å². The van der Waals surface area contributed by atoms with Crippen molar-refractivity contribution < 1.29 is 8.91 Å². The summed E-state index contributed by atoms with van der Waals surface area (Å²) in [6.45, 7) is 0. The Labute approximate surface area is 132 Å². The lowest BCUT2D eigenvalue weighted by Gasteiger charge is -2.33. The Morgan fingerprint density at radius 1 is 1.22 bits per heavy atom. The van der Waals surface area contributed by atoms with Crippen LogP contribution in [0.15, 0.2) is 35.0 Å². The van der Waals surface area contributed by atoms with Crippen LogP contribution in [0.25, 0.3) is 11.4 Å². The average molecular weight is 313 g/mol. The van der Waals surface area contributed by atoms with Crippen molar-refractivity contribution in [1.29, 1.82) is 0 Å². The van der Waals surface area contributed by atoms with E-state index in [-0.39, 0.29) is 11.7 Å². The fourth-order valence-corrected chi connectivity index (χ4v) is 2.96. The number of nitrogens with zero attached hydrogens (tertiary/aromatic N) is 4. The smallest absolute Gasteiger partial charge is 0.230 e. The second kappa shape index (κ2) is 5.19. The van der Waals surface area contributed by atoms with Crippen LogP contribution in [0, 0.1) is 5.82 Å². The van der Waals surface area contributed by atoms with Crippen LogP contribution in [0.2, 0.25) is 0 Å². The second-order valence-corrected chi connectivity index (χ2v) is 5.94. The predicted molar refractivity (Wildman–Crippen MR) is 82.0 cm³/mol. The van der Waals surface area contributed by atoms with E-state index in [4.69, 9.17) is 10.3 Å². The monoisotopic (exact) mass is 313 g/mol. The third kappa shape index (κ3) is 2.38. The molecule has 0 bridgehead atoms. The third-order valence-electron chi connectivity index (χ3n) is 4.50. The fourth-order valence-electron chi connectivity index (χ4n) is 2.96. The van der Waals surface area contributed by atoms with Crippen molar-refractivity contribution in [1.82, 2.24) is 19.9 Å². The van der Waals surface area contributed by atoms with E-state index in [1.54, 1.807) is 17.9 Å². The summed E-state index contributed by atoms with van der Waals surface area (Å²) in [4.78, 5) is 4.45. The van der Waals surface area contributed by atoms with Gasteiger partial charge >= 0.3 is 0 Å². The molecule has 7 heteroatoms. The molecule has 0 atom stereocenters.